The third-order valence-corrected chi connectivity index (χ3v) is 5.31. The van der Waals surface area contributed by atoms with Crippen molar-refractivity contribution in [3.63, 3.8) is 0 Å². The number of aromatic nitrogens is 2. The van der Waals surface area contributed by atoms with Gasteiger partial charge in [0.25, 0.3) is 5.91 Å². The minimum Gasteiger partial charge on any atom is -0.497 e. The molecule has 0 saturated carbocycles. The Labute approximate surface area is 204 Å². The van der Waals surface area contributed by atoms with Crippen LogP contribution in [0.5, 0.6) is 11.5 Å². The van der Waals surface area contributed by atoms with Gasteiger partial charge in [-0.25, -0.2) is 4.98 Å². The molecule has 4 aromatic rings. The zero-order valence-corrected chi connectivity index (χ0v) is 20.0. The Hall–Kier alpha value is -4.59. The number of ether oxygens (including phenoxy) is 2. The van der Waals surface area contributed by atoms with Crippen molar-refractivity contribution < 1.29 is 14.3 Å². The van der Waals surface area contributed by atoms with Gasteiger partial charge in [0.2, 0.25) is 5.95 Å². The molecule has 0 aliphatic carbocycles. The van der Waals surface area contributed by atoms with Crippen LogP contribution >= 0.6 is 0 Å². The summed E-state index contributed by atoms with van der Waals surface area (Å²) in [4.78, 5) is 22.2. The predicted octanol–water partition coefficient (Wildman–Crippen LogP) is 5.85. The van der Waals surface area contributed by atoms with E-state index in [4.69, 9.17) is 9.47 Å². The maximum atomic E-state index is 13.0. The molecule has 0 radical (unpaired) electrons. The number of amides is 1. The molecule has 8 heteroatoms. The van der Waals surface area contributed by atoms with Crippen LogP contribution in [-0.4, -0.2) is 30.1 Å². The van der Waals surface area contributed by atoms with Crippen LogP contribution in [0, 0.1) is 13.8 Å². The highest BCUT2D eigenvalue weighted by Gasteiger charge is 2.17. The molecule has 3 aromatic carbocycles. The molecule has 0 bridgehead atoms. The Kier molecular flexibility index (Phi) is 7.11. The lowest BCUT2D eigenvalue weighted by atomic mass is 10.1. The number of anilines is 5. The van der Waals surface area contributed by atoms with Crippen molar-refractivity contribution in [1.29, 1.82) is 0 Å². The first-order chi connectivity index (χ1) is 16.9. The summed E-state index contributed by atoms with van der Waals surface area (Å²) in [5.41, 5.74) is 4.24. The van der Waals surface area contributed by atoms with Gasteiger partial charge in [-0.2, -0.15) is 4.98 Å². The zero-order valence-electron chi connectivity index (χ0n) is 20.0. The maximum absolute atomic E-state index is 13.0. The van der Waals surface area contributed by atoms with Gasteiger partial charge < -0.3 is 25.4 Å². The molecule has 0 atom stereocenters. The molecule has 0 spiro atoms. The first-order valence-corrected chi connectivity index (χ1v) is 11.0. The lowest BCUT2D eigenvalue weighted by Crippen LogP contribution is -2.16. The van der Waals surface area contributed by atoms with Gasteiger partial charge in [-0.15, -0.1) is 0 Å². The van der Waals surface area contributed by atoms with E-state index < -0.39 is 0 Å². The maximum Gasteiger partial charge on any atom is 0.255 e. The molecule has 1 aromatic heterocycles. The highest BCUT2D eigenvalue weighted by atomic mass is 16.5. The van der Waals surface area contributed by atoms with Crippen molar-refractivity contribution in [3.05, 3.63) is 89.6 Å². The van der Waals surface area contributed by atoms with Gasteiger partial charge in [-0.05, 0) is 74.5 Å². The molecule has 178 valence electrons. The SMILES string of the molecule is COc1ccc(Nc2nc(C)c(NC(=O)c3cccc(C)c3)c(Nc3ccc(OC)cc3)n2)cc1. The summed E-state index contributed by atoms with van der Waals surface area (Å²) in [6, 6.07) is 22.3. The normalized spacial score (nSPS) is 10.4. The summed E-state index contributed by atoms with van der Waals surface area (Å²) < 4.78 is 10.5. The van der Waals surface area contributed by atoms with Crippen molar-refractivity contribution in [1.82, 2.24) is 9.97 Å². The molecule has 1 amide bonds. The van der Waals surface area contributed by atoms with Crippen LogP contribution in [0.2, 0.25) is 0 Å². The van der Waals surface area contributed by atoms with E-state index in [2.05, 4.69) is 25.9 Å². The summed E-state index contributed by atoms with van der Waals surface area (Å²) in [6.07, 6.45) is 0. The monoisotopic (exact) mass is 469 g/mol. The lowest BCUT2D eigenvalue weighted by Gasteiger charge is -2.17. The molecule has 0 fully saturated rings. The van der Waals surface area contributed by atoms with Crippen molar-refractivity contribution in [2.45, 2.75) is 13.8 Å². The number of aryl methyl sites for hydroxylation is 2. The second kappa shape index (κ2) is 10.6. The van der Waals surface area contributed by atoms with E-state index >= 15 is 0 Å². The number of carbonyl (C=O) groups excluding carboxylic acids is 1. The fraction of sp³-hybridized carbons (Fsp3) is 0.148. The summed E-state index contributed by atoms with van der Waals surface area (Å²) in [5, 5.41) is 9.48. The zero-order chi connectivity index (χ0) is 24.8. The molecule has 3 N–H and O–H groups in total. The molecule has 0 aliphatic heterocycles. The van der Waals surface area contributed by atoms with Gasteiger partial charge in [-0.1, -0.05) is 17.7 Å². The topological polar surface area (TPSA) is 97.4 Å². The lowest BCUT2D eigenvalue weighted by molar-refractivity contribution is 0.102. The summed E-state index contributed by atoms with van der Waals surface area (Å²) >= 11 is 0. The highest BCUT2D eigenvalue weighted by molar-refractivity contribution is 6.06. The first-order valence-electron chi connectivity index (χ1n) is 11.0. The van der Waals surface area contributed by atoms with Crippen LogP contribution in [0.3, 0.4) is 0 Å². The number of nitrogens with zero attached hydrogens (tertiary/aromatic N) is 2. The van der Waals surface area contributed by atoms with Gasteiger partial charge >= 0.3 is 0 Å². The van der Waals surface area contributed by atoms with E-state index in [0.29, 0.717) is 28.7 Å². The van der Waals surface area contributed by atoms with E-state index in [1.165, 1.54) is 0 Å². The third-order valence-electron chi connectivity index (χ3n) is 5.31. The molecule has 4 rings (SSSR count). The fourth-order valence-corrected chi connectivity index (χ4v) is 3.46. The van der Waals surface area contributed by atoms with E-state index in [9.17, 15) is 4.79 Å². The quantitative estimate of drug-likeness (QED) is 0.298. The van der Waals surface area contributed by atoms with Crippen LogP contribution < -0.4 is 25.4 Å². The van der Waals surface area contributed by atoms with Crippen molar-refractivity contribution in [2.24, 2.45) is 0 Å². The standard InChI is InChI=1S/C27H27N5O3/c1-17-6-5-7-19(16-17)26(33)31-24-18(2)28-27(30-21-10-14-23(35-4)15-11-21)32-25(24)29-20-8-12-22(34-3)13-9-20/h5-16H,1-4H3,(H,31,33)(H2,28,29,30,32). The van der Waals surface area contributed by atoms with E-state index in [1.807, 2.05) is 80.6 Å². The molecule has 1 heterocycles. The van der Waals surface area contributed by atoms with Gasteiger partial charge in [0, 0.05) is 16.9 Å². The molecule has 35 heavy (non-hydrogen) atoms. The average Bonchev–Trinajstić information content (AvgIpc) is 2.87. The summed E-state index contributed by atoms with van der Waals surface area (Å²) in [6.45, 7) is 3.77. The number of hydrogen-bond acceptors (Lipinski definition) is 7. The average molecular weight is 470 g/mol. The highest BCUT2D eigenvalue weighted by Crippen LogP contribution is 2.30. The number of nitrogens with one attached hydrogen (secondary N) is 3. The minimum atomic E-state index is -0.242. The Bertz CT molecular complexity index is 1320. The molecule has 0 unspecified atom stereocenters. The van der Waals surface area contributed by atoms with Gasteiger partial charge in [-0.3, -0.25) is 4.79 Å². The second-order valence-corrected chi connectivity index (χ2v) is 7.89. The van der Waals surface area contributed by atoms with Crippen LogP contribution in [0.25, 0.3) is 0 Å². The van der Waals surface area contributed by atoms with Crippen LogP contribution in [-0.2, 0) is 0 Å². The predicted molar refractivity (Wildman–Crippen MR) is 138 cm³/mol. The van der Waals surface area contributed by atoms with E-state index in [0.717, 1.165) is 28.4 Å². The van der Waals surface area contributed by atoms with Crippen LogP contribution in [0.1, 0.15) is 21.6 Å². The van der Waals surface area contributed by atoms with Crippen molar-refractivity contribution in [3.8, 4) is 11.5 Å². The first kappa shape index (κ1) is 23.6. The number of rotatable bonds is 8. The Morgan fingerprint density at radius 1 is 0.771 bits per heavy atom. The fourth-order valence-electron chi connectivity index (χ4n) is 3.46. The van der Waals surface area contributed by atoms with Gasteiger partial charge in [0.15, 0.2) is 5.82 Å². The molecular formula is C27H27N5O3. The molecule has 8 nitrogen and oxygen atoms in total. The number of methoxy groups -OCH3 is 2. The molecule has 0 saturated heterocycles. The van der Waals surface area contributed by atoms with Gasteiger partial charge in [0.1, 0.15) is 17.2 Å². The van der Waals surface area contributed by atoms with Gasteiger partial charge in [0.05, 0.1) is 19.9 Å². The van der Waals surface area contributed by atoms with E-state index in [-0.39, 0.29) is 5.91 Å². The largest absolute Gasteiger partial charge is 0.497 e. The van der Waals surface area contributed by atoms with Crippen LogP contribution in [0.4, 0.5) is 28.8 Å². The third kappa shape index (κ3) is 5.86. The summed E-state index contributed by atoms with van der Waals surface area (Å²) in [7, 11) is 3.24. The van der Waals surface area contributed by atoms with Crippen molar-refractivity contribution in [2.75, 3.05) is 30.2 Å². The smallest absolute Gasteiger partial charge is 0.255 e. The molecule has 0 aliphatic rings. The summed E-state index contributed by atoms with van der Waals surface area (Å²) in [5.74, 6) is 2.10. The van der Waals surface area contributed by atoms with E-state index in [1.54, 1.807) is 20.3 Å². The van der Waals surface area contributed by atoms with Crippen LogP contribution in [0.15, 0.2) is 72.8 Å². The number of benzene rings is 3. The Morgan fingerprint density at radius 2 is 1.37 bits per heavy atom. The second-order valence-electron chi connectivity index (χ2n) is 7.89. The number of hydrogen-bond donors (Lipinski definition) is 3. The Morgan fingerprint density at radius 3 is 1.94 bits per heavy atom. The van der Waals surface area contributed by atoms with Crippen molar-refractivity contribution >= 4 is 34.7 Å². The number of carbonyl (C=O) groups is 1. The molecular weight excluding hydrogens is 442 g/mol. The minimum absolute atomic E-state index is 0.242. The Balaban J connectivity index is 1.67.